The van der Waals surface area contributed by atoms with Crippen LogP contribution in [0.3, 0.4) is 0 Å². The third kappa shape index (κ3) is 2.78. The average Bonchev–Trinajstić information content (AvgIpc) is 2.61. The molecule has 6 heteroatoms. The van der Waals surface area contributed by atoms with E-state index in [2.05, 4.69) is 4.98 Å². The molecule has 0 radical (unpaired) electrons. The van der Waals surface area contributed by atoms with Crippen molar-refractivity contribution in [3.63, 3.8) is 0 Å². The maximum absolute atomic E-state index is 14.1. The molecular formula is C18H13ClFNO3. The summed E-state index contributed by atoms with van der Waals surface area (Å²) in [6.07, 6.45) is 1.14. The summed E-state index contributed by atoms with van der Waals surface area (Å²) < 4.78 is 24.2. The second-order valence-corrected chi connectivity index (χ2v) is 5.49. The van der Waals surface area contributed by atoms with Crippen molar-refractivity contribution in [3.05, 3.63) is 59.0 Å². The molecule has 2 aromatic carbocycles. The Morgan fingerprint density at radius 2 is 1.92 bits per heavy atom. The molecule has 0 aliphatic carbocycles. The molecule has 122 valence electrons. The van der Waals surface area contributed by atoms with E-state index in [1.807, 2.05) is 0 Å². The molecule has 1 heterocycles. The van der Waals surface area contributed by atoms with Crippen LogP contribution >= 0.6 is 11.6 Å². The maximum atomic E-state index is 14.1. The highest BCUT2D eigenvalue weighted by atomic mass is 35.5. The van der Waals surface area contributed by atoms with Crippen LogP contribution in [0.1, 0.15) is 10.4 Å². The van der Waals surface area contributed by atoms with Gasteiger partial charge in [0, 0.05) is 21.4 Å². The summed E-state index contributed by atoms with van der Waals surface area (Å²) >= 11 is 5.99. The zero-order valence-corrected chi connectivity index (χ0v) is 13.7. The standard InChI is InChI=1S/C18H13ClFNO3/c1-23-16-8-11(19)4-6-13(16)17-14-7-10(18(22)24-2)3-5-12(14)15(20)9-21-17/h3-9H,1-2H3. The Bertz CT molecular complexity index is 943. The molecule has 0 atom stereocenters. The first-order valence-corrected chi connectivity index (χ1v) is 7.43. The van der Waals surface area contributed by atoms with Crippen molar-refractivity contribution in [3.8, 4) is 17.0 Å². The number of hydrogen-bond acceptors (Lipinski definition) is 4. The highest BCUT2D eigenvalue weighted by Gasteiger charge is 2.16. The summed E-state index contributed by atoms with van der Waals surface area (Å²) in [4.78, 5) is 16.0. The molecule has 0 amide bonds. The minimum Gasteiger partial charge on any atom is -0.496 e. The lowest BCUT2D eigenvalue weighted by atomic mass is 10.0. The van der Waals surface area contributed by atoms with Gasteiger partial charge in [0.25, 0.3) is 0 Å². The summed E-state index contributed by atoms with van der Waals surface area (Å²) in [6.45, 7) is 0. The molecule has 1 aromatic heterocycles. The lowest BCUT2D eigenvalue weighted by molar-refractivity contribution is 0.0601. The van der Waals surface area contributed by atoms with Gasteiger partial charge in [-0.05, 0) is 30.3 Å². The van der Waals surface area contributed by atoms with Crippen molar-refractivity contribution < 1.29 is 18.7 Å². The Morgan fingerprint density at radius 3 is 2.62 bits per heavy atom. The average molecular weight is 346 g/mol. The van der Waals surface area contributed by atoms with Crippen molar-refractivity contribution in [2.24, 2.45) is 0 Å². The van der Waals surface area contributed by atoms with Crippen molar-refractivity contribution >= 4 is 28.3 Å². The van der Waals surface area contributed by atoms with Crippen molar-refractivity contribution in [2.75, 3.05) is 14.2 Å². The second-order valence-electron chi connectivity index (χ2n) is 5.05. The smallest absolute Gasteiger partial charge is 0.337 e. The molecule has 24 heavy (non-hydrogen) atoms. The van der Waals surface area contributed by atoms with Crippen LogP contribution in [0, 0.1) is 5.82 Å². The summed E-state index contributed by atoms with van der Waals surface area (Å²) in [7, 11) is 2.81. The maximum Gasteiger partial charge on any atom is 0.337 e. The van der Waals surface area contributed by atoms with E-state index < -0.39 is 11.8 Å². The van der Waals surface area contributed by atoms with Gasteiger partial charge in [0.05, 0.1) is 31.7 Å². The summed E-state index contributed by atoms with van der Waals surface area (Å²) in [5, 5.41) is 1.35. The summed E-state index contributed by atoms with van der Waals surface area (Å²) in [5.74, 6) is -0.473. The number of rotatable bonds is 3. The fourth-order valence-corrected chi connectivity index (χ4v) is 2.69. The quantitative estimate of drug-likeness (QED) is 0.656. The number of methoxy groups -OCH3 is 2. The number of carbonyl (C=O) groups excluding carboxylic acids is 1. The summed E-state index contributed by atoms with van der Waals surface area (Å²) in [5.41, 5.74) is 1.45. The Hall–Kier alpha value is -2.66. The van der Waals surface area contributed by atoms with E-state index in [1.165, 1.54) is 26.4 Å². The fourth-order valence-electron chi connectivity index (χ4n) is 2.53. The number of aromatic nitrogens is 1. The van der Waals surface area contributed by atoms with E-state index in [0.29, 0.717) is 38.4 Å². The van der Waals surface area contributed by atoms with Crippen LogP contribution in [-0.2, 0) is 4.74 Å². The van der Waals surface area contributed by atoms with Crippen LogP contribution < -0.4 is 4.74 Å². The minimum absolute atomic E-state index is 0.312. The first-order valence-electron chi connectivity index (χ1n) is 7.05. The molecule has 0 N–H and O–H groups in total. The van der Waals surface area contributed by atoms with Crippen molar-refractivity contribution in [1.82, 2.24) is 4.98 Å². The van der Waals surface area contributed by atoms with Crippen LogP contribution in [0.2, 0.25) is 5.02 Å². The lowest BCUT2D eigenvalue weighted by Gasteiger charge is -2.12. The third-order valence-electron chi connectivity index (χ3n) is 3.68. The number of ether oxygens (including phenoxy) is 2. The Labute approximate surface area is 142 Å². The molecule has 3 rings (SSSR count). The number of carbonyl (C=O) groups is 1. The van der Waals surface area contributed by atoms with Gasteiger partial charge >= 0.3 is 5.97 Å². The van der Waals surface area contributed by atoms with Gasteiger partial charge in [-0.15, -0.1) is 0 Å². The zero-order chi connectivity index (χ0) is 17.3. The topological polar surface area (TPSA) is 48.4 Å². The van der Waals surface area contributed by atoms with E-state index >= 15 is 0 Å². The molecule has 0 fully saturated rings. The van der Waals surface area contributed by atoms with E-state index in [-0.39, 0.29) is 0 Å². The normalized spacial score (nSPS) is 10.7. The van der Waals surface area contributed by atoms with E-state index in [9.17, 15) is 9.18 Å². The number of pyridine rings is 1. The molecule has 0 saturated carbocycles. The van der Waals surface area contributed by atoms with Crippen molar-refractivity contribution in [1.29, 1.82) is 0 Å². The van der Waals surface area contributed by atoms with Crippen molar-refractivity contribution in [2.45, 2.75) is 0 Å². The van der Waals surface area contributed by atoms with E-state index in [0.717, 1.165) is 6.20 Å². The minimum atomic E-state index is -0.504. The molecule has 0 bridgehead atoms. The first-order chi connectivity index (χ1) is 11.5. The monoisotopic (exact) mass is 345 g/mol. The third-order valence-corrected chi connectivity index (χ3v) is 3.91. The SMILES string of the molecule is COC(=O)c1ccc2c(F)cnc(-c3ccc(Cl)cc3OC)c2c1. The first kappa shape index (κ1) is 16.2. The van der Waals surface area contributed by atoms with Gasteiger partial charge in [0.2, 0.25) is 0 Å². The van der Waals surface area contributed by atoms with Gasteiger partial charge in [-0.25, -0.2) is 9.18 Å². The number of benzene rings is 2. The predicted octanol–water partition coefficient (Wildman–Crippen LogP) is 4.49. The number of nitrogens with zero attached hydrogens (tertiary/aromatic N) is 1. The van der Waals surface area contributed by atoms with Crippen LogP contribution in [0.25, 0.3) is 22.0 Å². The largest absolute Gasteiger partial charge is 0.496 e. The lowest BCUT2D eigenvalue weighted by Crippen LogP contribution is -2.01. The molecule has 0 saturated heterocycles. The van der Waals surface area contributed by atoms with Crippen LogP contribution in [0.5, 0.6) is 5.75 Å². The van der Waals surface area contributed by atoms with Gasteiger partial charge in [-0.2, -0.15) is 0 Å². The van der Waals surface area contributed by atoms with Gasteiger partial charge in [0.15, 0.2) is 0 Å². The number of hydrogen-bond donors (Lipinski definition) is 0. The van der Waals surface area contributed by atoms with Gasteiger partial charge in [-0.1, -0.05) is 17.7 Å². The Kier molecular flexibility index (Phi) is 4.36. The van der Waals surface area contributed by atoms with Crippen LogP contribution in [0.4, 0.5) is 4.39 Å². The van der Waals surface area contributed by atoms with Crippen LogP contribution in [0.15, 0.2) is 42.6 Å². The molecular weight excluding hydrogens is 333 g/mol. The predicted molar refractivity (Wildman–Crippen MR) is 90.0 cm³/mol. The fraction of sp³-hybridized carbons (Fsp3) is 0.111. The number of fused-ring (bicyclic) bond motifs is 1. The number of halogens is 2. The van der Waals surface area contributed by atoms with E-state index in [1.54, 1.807) is 24.3 Å². The van der Waals surface area contributed by atoms with Gasteiger partial charge in [0.1, 0.15) is 11.6 Å². The molecule has 3 aromatic rings. The summed E-state index contributed by atoms with van der Waals surface area (Å²) in [6, 6.07) is 9.69. The number of esters is 1. The zero-order valence-electron chi connectivity index (χ0n) is 13.0. The van der Waals surface area contributed by atoms with Crippen LogP contribution in [-0.4, -0.2) is 25.2 Å². The second kappa shape index (κ2) is 6.45. The Balaban J connectivity index is 2.32. The molecule has 0 spiro atoms. The Morgan fingerprint density at radius 1 is 1.12 bits per heavy atom. The van der Waals surface area contributed by atoms with Gasteiger partial charge < -0.3 is 9.47 Å². The molecule has 4 nitrogen and oxygen atoms in total. The molecule has 0 aliphatic heterocycles. The van der Waals surface area contributed by atoms with E-state index in [4.69, 9.17) is 21.1 Å². The highest BCUT2D eigenvalue weighted by Crippen LogP contribution is 2.36. The molecule has 0 aliphatic rings. The van der Waals surface area contributed by atoms with Gasteiger partial charge in [-0.3, -0.25) is 4.98 Å². The molecule has 0 unspecified atom stereocenters. The highest BCUT2D eigenvalue weighted by molar-refractivity contribution is 6.30.